The van der Waals surface area contributed by atoms with E-state index >= 15 is 0 Å². The van der Waals surface area contributed by atoms with Crippen LogP contribution in [0.5, 0.6) is 5.75 Å². The van der Waals surface area contributed by atoms with E-state index in [1.54, 1.807) is 18.8 Å². The number of benzene rings is 1. The number of methoxy groups -OCH3 is 1. The number of aryl methyl sites for hydroxylation is 1. The van der Waals surface area contributed by atoms with E-state index in [1.807, 2.05) is 44.7 Å². The van der Waals surface area contributed by atoms with Gasteiger partial charge in [0.1, 0.15) is 5.75 Å². The van der Waals surface area contributed by atoms with Crippen molar-refractivity contribution in [2.75, 3.05) is 21.2 Å². The first-order chi connectivity index (χ1) is 10.6. The van der Waals surface area contributed by atoms with Crippen LogP contribution in [0.3, 0.4) is 0 Å². The number of nitrogens with one attached hydrogen (secondary N) is 1. The Morgan fingerprint density at radius 3 is 2.74 bits per heavy atom. The lowest BCUT2D eigenvalue weighted by atomic mass is 10.2. The van der Waals surface area contributed by atoms with Crippen molar-refractivity contribution in [3.63, 3.8) is 0 Å². The highest BCUT2D eigenvalue weighted by Gasteiger charge is 2.10. The summed E-state index contributed by atoms with van der Waals surface area (Å²) in [5.41, 5.74) is 2.24. The Labute approximate surface area is 154 Å². The van der Waals surface area contributed by atoms with Gasteiger partial charge < -0.3 is 15.0 Å². The average Bonchev–Trinajstić information content (AvgIpc) is 2.94. The number of ether oxygens (including phenoxy) is 1. The molecule has 0 amide bonds. The molecule has 0 aliphatic heterocycles. The van der Waals surface area contributed by atoms with Gasteiger partial charge in [-0.2, -0.15) is 5.10 Å². The Kier molecular flexibility index (Phi) is 7.87. The second-order valence-corrected chi connectivity index (χ2v) is 5.09. The topological polar surface area (TPSA) is 54.7 Å². The van der Waals surface area contributed by atoms with Crippen LogP contribution >= 0.6 is 24.0 Å². The zero-order valence-electron chi connectivity index (χ0n) is 14.0. The van der Waals surface area contributed by atoms with Crippen LogP contribution in [0.2, 0.25) is 0 Å². The monoisotopic (exact) mass is 429 g/mol. The summed E-state index contributed by atoms with van der Waals surface area (Å²) in [4.78, 5) is 6.39. The fourth-order valence-electron chi connectivity index (χ4n) is 2.29. The van der Waals surface area contributed by atoms with E-state index in [0.29, 0.717) is 6.54 Å². The van der Waals surface area contributed by atoms with E-state index in [-0.39, 0.29) is 24.0 Å². The van der Waals surface area contributed by atoms with Crippen LogP contribution in [-0.2, 0) is 20.1 Å². The Bertz CT molecular complexity index is 641. The average molecular weight is 429 g/mol. The third kappa shape index (κ3) is 5.42. The van der Waals surface area contributed by atoms with E-state index in [0.717, 1.165) is 29.4 Å². The van der Waals surface area contributed by atoms with Gasteiger partial charge in [-0.05, 0) is 6.07 Å². The fourth-order valence-corrected chi connectivity index (χ4v) is 2.29. The molecule has 126 valence electrons. The molecule has 0 spiro atoms. The molecule has 7 heteroatoms. The number of nitrogens with zero attached hydrogens (tertiary/aromatic N) is 4. The van der Waals surface area contributed by atoms with Crippen molar-refractivity contribution < 1.29 is 4.74 Å². The quantitative estimate of drug-likeness (QED) is 0.450. The van der Waals surface area contributed by atoms with Gasteiger partial charge in [0.15, 0.2) is 5.96 Å². The molecule has 1 aromatic heterocycles. The summed E-state index contributed by atoms with van der Waals surface area (Å²) in [6.07, 6.45) is 3.83. The number of aliphatic imine (C=N–C) groups is 1. The van der Waals surface area contributed by atoms with Gasteiger partial charge in [0.25, 0.3) is 0 Å². The van der Waals surface area contributed by atoms with E-state index in [9.17, 15) is 0 Å². The summed E-state index contributed by atoms with van der Waals surface area (Å²) in [6.45, 7) is 1.41. The van der Waals surface area contributed by atoms with Crippen molar-refractivity contribution in [3.05, 3.63) is 47.8 Å². The largest absolute Gasteiger partial charge is 0.496 e. The predicted molar refractivity (Wildman–Crippen MR) is 103 cm³/mol. The number of hydrogen-bond acceptors (Lipinski definition) is 3. The molecule has 0 aliphatic carbocycles. The highest BCUT2D eigenvalue weighted by molar-refractivity contribution is 14.0. The third-order valence-electron chi connectivity index (χ3n) is 3.38. The predicted octanol–water partition coefficient (Wildman–Crippen LogP) is 2.25. The zero-order valence-corrected chi connectivity index (χ0v) is 16.3. The Hall–Kier alpha value is -1.77. The number of halogens is 1. The van der Waals surface area contributed by atoms with Gasteiger partial charge in [0.2, 0.25) is 0 Å². The number of aromatic nitrogens is 2. The van der Waals surface area contributed by atoms with Crippen molar-refractivity contribution in [3.8, 4) is 5.75 Å². The first kappa shape index (κ1) is 19.3. The molecule has 0 atom stereocenters. The summed E-state index contributed by atoms with van der Waals surface area (Å²) in [7, 11) is 7.38. The normalized spacial score (nSPS) is 10.9. The lowest BCUT2D eigenvalue weighted by molar-refractivity contribution is 0.396. The van der Waals surface area contributed by atoms with Crippen LogP contribution in [0.1, 0.15) is 11.1 Å². The number of para-hydroxylation sites is 1. The van der Waals surface area contributed by atoms with Crippen LogP contribution in [0.15, 0.2) is 41.7 Å². The highest BCUT2D eigenvalue weighted by Crippen LogP contribution is 2.18. The maximum atomic E-state index is 5.39. The molecule has 0 fully saturated rings. The van der Waals surface area contributed by atoms with Gasteiger partial charge >= 0.3 is 0 Å². The summed E-state index contributed by atoms with van der Waals surface area (Å²) >= 11 is 0. The third-order valence-corrected chi connectivity index (χ3v) is 3.38. The molecule has 0 saturated carbocycles. The minimum Gasteiger partial charge on any atom is -0.496 e. The maximum absolute atomic E-state index is 5.39. The van der Waals surface area contributed by atoms with Crippen LogP contribution < -0.4 is 10.1 Å². The molecule has 0 bridgehead atoms. The van der Waals surface area contributed by atoms with Crippen molar-refractivity contribution in [1.29, 1.82) is 0 Å². The minimum atomic E-state index is 0. The molecule has 1 heterocycles. The first-order valence-corrected chi connectivity index (χ1v) is 7.15. The smallest absolute Gasteiger partial charge is 0.193 e. The van der Waals surface area contributed by atoms with Gasteiger partial charge in [-0.25, -0.2) is 0 Å². The second kappa shape index (κ2) is 9.39. The highest BCUT2D eigenvalue weighted by atomic mass is 127. The molecular formula is C16H24IN5O. The summed E-state index contributed by atoms with van der Waals surface area (Å²) in [5.74, 6) is 1.71. The van der Waals surface area contributed by atoms with Crippen LogP contribution in [-0.4, -0.2) is 41.8 Å². The van der Waals surface area contributed by atoms with Crippen molar-refractivity contribution in [2.24, 2.45) is 12.0 Å². The van der Waals surface area contributed by atoms with Gasteiger partial charge in [0.05, 0.1) is 13.3 Å². The van der Waals surface area contributed by atoms with Gasteiger partial charge in [-0.1, -0.05) is 18.2 Å². The van der Waals surface area contributed by atoms with Gasteiger partial charge in [-0.15, -0.1) is 24.0 Å². The number of guanidine groups is 1. The van der Waals surface area contributed by atoms with Gasteiger partial charge in [0, 0.05) is 51.6 Å². The van der Waals surface area contributed by atoms with E-state index < -0.39 is 0 Å². The standard InChI is InChI=1S/C16H23N5O.HI/c1-17-16(18-9-13-10-19-21(3)11-13)20(2)12-14-7-5-6-8-15(14)22-4;/h5-8,10-11H,9,12H2,1-4H3,(H,17,18);1H. The summed E-state index contributed by atoms with van der Waals surface area (Å²) < 4.78 is 7.18. The molecule has 1 N–H and O–H groups in total. The molecule has 23 heavy (non-hydrogen) atoms. The molecule has 0 saturated heterocycles. The molecule has 2 aromatic rings. The van der Waals surface area contributed by atoms with E-state index in [4.69, 9.17) is 4.74 Å². The Balaban J connectivity index is 0.00000264. The Morgan fingerprint density at radius 1 is 1.39 bits per heavy atom. The molecule has 0 aliphatic rings. The van der Waals surface area contributed by atoms with Crippen molar-refractivity contribution in [2.45, 2.75) is 13.1 Å². The summed E-state index contributed by atoms with van der Waals surface area (Å²) in [5, 5.41) is 7.50. The first-order valence-electron chi connectivity index (χ1n) is 7.15. The van der Waals surface area contributed by atoms with Crippen LogP contribution in [0.25, 0.3) is 0 Å². The minimum absolute atomic E-state index is 0. The number of rotatable bonds is 5. The SMILES string of the molecule is CN=C(NCc1cnn(C)c1)N(C)Cc1ccccc1OC.I. The molecular weight excluding hydrogens is 405 g/mol. The second-order valence-electron chi connectivity index (χ2n) is 5.09. The maximum Gasteiger partial charge on any atom is 0.193 e. The molecule has 0 radical (unpaired) electrons. The Morgan fingerprint density at radius 2 is 2.13 bits per heavy atom. The van der Waals surface area contributed by atoms with Crippen molar-refractivity contribution >= 4 is 29.9 Å². The molecule has 2 rings (SSSR count). The lowest BCUT2D eigenvalue weighted by Gasteiger charge is -2.22. The fraction of sp³-hybridized carbons (Fsp3) is 0.375. The number of hydrogen-bond donors (Lipinski definition) is 1. The molecule has 1 aromatic carbocycles. The molecule has 0 unspecified atom stereocenters. The van der Waals surface area contributed by atoms with E-state index in [1.165, 1.54) is 0 Å². The summed E-state index contributed by atoms with van der Waals surface area (Å²) in [6, 6.07) is 8.01. The van der Waals surface area contributed by atoms with Gasteiger partial charge in [-0.3, -0.25) is 9.67 Å². The van der Waals surface area contributed by atoms with Crippen LogP contribution in [0.4, 0.5) is 0 Å². The zero-order chi connectivity index (χ0) is 15.9. The molecule has 6 nitrogen and oxygen atoms in total. The lowest BCUT2D eigenvalue weighted by Crippen LogP contribution is -2.38. The van der Waals surface area contributed by atoms with Crippen LogP contribution in [0, 0.1) is 0 Å². The van der Waals surface area contributed by atoms with Crippen molar-refractivity contribution in [1.82, 2.24) is 20.0 Å². The van der Waals surface area contributed by atoms with E-state index in [2.05, 4.69) is 26.4 Å².